The van der Waals surface area contributed by atoms with E-state index in [1.54, 1.807) is 0 Å². The normalized spacial score (nSPS) is 25.2. The number of hydrogen-bond acceptors (Lipinski definition) is 2. The van der Waals surface area contributed by atoms with Crippen LogP contribution in [0.4, 0.5) is 13.2 Å². The molecule has 0 atom stereocenters. The molecule has 0 aromatic heterocycles. The SMILES string of the molecule is CN=C1CCCCCC1=C(N)C(F)(F)F. The van der Waals surface area contributed by atoms with Crippen LogP contribution in [0.2, 0.25) is 0 Å². The van der Waals surface area contributed by atoms with Gasteiger partial charge in [-0.2, -0.15) is 13.2 Å². The number of aliphatic imine (C=N–C) groups is 1. The second-order valence-corrected chi connectivity index (χ2v) is 3.62. The summed E-state index contributed by atoms with van der Waals surface area (Å²) in [4.78, 5) is 3.90. The predicted molar refractivity (Wildman–Crippen MR) is 53.7 cm³/mol. The van der Waals surface area contributed by atoms with Crippen LogP contribution in [0.1, 0.15) is 32.1 Å². The van der Waals surface area contributed by atoms with Gasteiger partial charge in [0.2, 0.25) is 0 Å². The number of nitrogens with zero attached hydrogens (tertiary/aromatic N) is 1. The topological polar surface area (TPSA) is 38.4 Å². The Morgan fingerprint density at radius 3 is 2.33 bits per heavy atom. The van der Waals surface area contributed by atoms with Crippen molar-refractivity contribution in [2.45, 2.75) is 38.3 Å². The average Bonchev–Trinajstić information content (AvgIpc) is 2.39. The zero-order valence-electron chi connectivity index (χ0n) is 8.69. The summed E-state index contributed by atoms with van der Waals surface area (Å²) in [6.45, 7) is 0. The smallest absolute Gasteiger partial charge is 0.394 e. The quantitative estimate of drug-likeness (QED) is 0.626. The molecule has 5 heteroatoms. The number of rotatable bonds is 0. The standard InChI is InChI=1S/C10H15F3N2/c1-15-8-6-4-2-3-5-7(8)9(14)10(11,12)13/h2-6,14H2,1H3. The molecular weight excluding hydrogens is 205 g/mol. The predicted octanol–water partition coefficient (Wildman–Crippen LogP) is 2.80. The van der Waals surface area contributed by atoms with Crippen molar-refractivity contribution in [3.05, 3.63) is 11.3 Å². The van der Waals surface area contributed by atoms with Gasteiger partial charge in [-0.3, -0.25) is 4.99 Å². The highest BCUT2D eigenvalue weighted by Crippen LogP contribution is 2.30. The van der Waals surface area contributed by atoms with Gasteiger partial charge in [0.05, 0.1) is 0 Å². The largest absolute Gasteiger partial charge is 0.431 e. The Labute approximate surface area is 87.1 Å². The molecule has 1 saturated carbocycles. The fraction of sp³-hybridized carbons (Fsp3) is 0.700. The molecule has 2 nitrogen and oxygen atoms in total. The zero-order chi connectivity index (χ0) is 11.5. The van der Waals surface area contributed by atoms with Crippen LogP contribution in [-0.2, 0) is 0 Å². The Hall–Kier alpha value is -1.00. The third kappa shape index (κ3) is 2.97. The summed E-state index contributed by atoms with van der Waals surface area (Å²) in [7, 11) is 1.52. The highest BCUT2D eigenvalue weighted by Gasteiger charge is 2.35. The minimum absolute atomic E-state index is 0.197. The third-order valence-electron chi connectivity index (χ3n) is 2.59. The fourth-order valence-electron chi connectivity index (χ4n) is 1.77. The Morgan fingerprint density at radius 2 is 1.80 bits per heavy atom. The van der Waals surface area contributed by atoms with E-state index < -0.39 is 11.9 Å². The number of halogens is 3. The van der Waals surface area contributed by atoms with Crippen LogP contribution in [0.15, 0.2) is 16.3 Å². The van der Waals surface area contributed by atoms with Crippen LogP contribution in [0.5, 0.6) is 0 Å². The van der Waals surface area contributed by atoms with Crippen molar-refractivity contribution in [1.29, 1.82) is 0 Å². The van der Waals surface area contributed by atoms with E-state index in [0.717, 1.165) is 19.3 Å². The maximum Gasteiger partial charge on any atom is 0.431 e. The van der Waals surface area contributed by atoms with Gasteiger partial charge in [-0.15, -0.1) is 0 Å². The van der Waals surface area contributed by atoms with Crippen molar-refractivity contribution >= 4 is 5.71 Å². The van der Waals surface area contributed by atoms with E-state index in [1.165, 1.54) is 7.05 Å². The molecule has 0 aliphatic heterocycles. The van der Waals surface area contributed by atoms with Crippen LogP contribution < -0.4 is 5.73 Å². The van der Waals surface area contributed by atoms with Gasteiger partial charge in [-0.1, -0.05) is 6.42 Å². The van der Waals surface area contributed by atoms with E-state index in [-0.39, 0.29) is 5.57 Å². The molecule has 1 rings (SSSR count). The van der Waals surface area contributed by atoms with Crippen molar-refractivity contribution in [2.24, 2.45) is 10.7 Å². The molecular formula is C10H15F3N2. The lowest BCUT2D eigenvalue weighted by Gasteiger charge is -2.13. The highest BCUT2D eigenvalue weighted by molar-refractivity contribution is 6.00. The Bertz CT molecular complexity index is 290. The number of nitrogens with two attached hydrogens (primary N) is 1. The van der Waals surface area contributed by atoms with Crippen molar-refractivity contribution in [3.8, 4) is 0 Å². The first-order chi connectivity index (χ1) is 6.96. The molecule has 0 aromatic rings. The van der Waals surface area contributed by atoms with Gasteiger partial charge in [0.25, 0.3) is 0 Å². The van der Waals surface area contributed by atoms with Crippen LogP contribution in [0.3, 0.4) is 0 Å². The molecule has 2 N–H and O–H groups in total. The second-order valence-electron chi connectivity index (χ2n) is 3.62. The summed E-state index contributed by atoms with van der Waals surface area (Å²) in [5.74, 6) is 0. The van der Waals surface area contributed by atoms with Gasteiger partial charge in [-0.25, -0.2) is 0 Å². The first-order valence-corrected chi connectivity index (χ1v) is 4.98. The third-order valence-corrected chi connectivity index (χ3v) is 2.59. The van der Waals surface area contributed by atoms with Crippen LogP contribution in [-0.4, -0.2) is 18.9 Å². The maximum atomic E-state index is 12.4. The van der Waals surface area contributed by atoms with Gasteiger partial charge in [0.1, 0.15) is 5.70 Å². The van der Waals surface area contributed by atoms with E-state index in [1.807, 2.05) is 0 Å². The Morgan fingerprint density at radius 1 is 1.20 bits per heavy atom. The van der Waals surface area contributed by atoms with Gasteiger partial charge in [-0.05, 0) is 25.7 Å². The molecule has 1 aliphatic rings. The lowest BCUT2D eigenvalue weighted by atomic mass is 10.0. The summed E-state index contributed by atoms with van der Waals surface area (Å²) >= 11 is 0. The highest BCUT2D eigenvalue weighted by atomic mass is 19.4. The number of alkyl halides is 3. The van der Waals surface area contributed by atoms with E-state index in [2.05, 4.69) is 4.99 Å². The maximum absolute atomic E-state index is 12.4. The van der Waals surface area contributed by atoms with E-state index >= 15 is 0 Å². The molecule has 0 heterocycles. The van der Waals surface area contributed by atoms with Gasteiger partial charge >= 0.3 is 6.18 Å². The van der Waals surface area contributed by atoms with Gasteiger partial charge < -0.3 is 5.73 Å². The van der Waals surface area contributed by atoms with Crippen LogP contribution in [0.25, 0.3) is 0 Å². The summed E-state index contributed by atoms with van der Waals surface area (Å²) in [6.07, 6.45) is -0.865. The lowest BCUT2D eigenvalue weighted by molar-refractivity contribution is -0.0933. The molecule has 1 aliphatic carbocycles. The summed E-state index contributed by atoms with van der Waals surface area (Å²) in [5, 5.41) is 0. The van der Waals surface area contributed by atoms with Crippen LogP contribution in [0, 0.1) is 0 Å². The fourth-order valence-corrected chi connectivity index (χ4v) is 1.77. The average molecular weight is 220 g/mol. The zero-order valence-corrected chi connectivity index (χ0v) is 8.69. The minimum atomic E-state index is -4.43. The summed E-state index contributed by atoms with van der Waals surface area (Å²) < 4.78 is 37.3. The van der Waals surface area contributed by atoms with Crippen molar-refractivity contribution < 1.29 is 13.2 Å². The van der Waals surface area contributed by atoms with Gasteiger partial charge in [0.15, 0.2) is 0 Å². The molecule has 0 amide bonds. The monoisotopic (exact) mass is 220 g/mol. The van der Waals surface area contributed by atoms with Gasteiger partial charge in [0, 0.05) is 18.3 Å². The second kappa shape index (κ2) is 4.68. The molecule has 0 aromatic carbocycles. The molecule has 0 unspecified atom stereocenters. The van der Waals surface area contributed by atoms with Crippen molar-refractivity contribution in [3.63, 3.8) is 0 Å². The molecule has 15 heavy (non-hydrogen) atoms. The molecule has 0 spiro atoms. The lowest BCUT2D eigenvalue weighted by Crippen LogP contribution is -2.24. The van der Waals surface area contributed by atoms with E-state index in [9.17, 15) is 13.2 Å². The van der Waals surface area contributed by atoms with Crippen LogP contribution >= 0.6 is 0 Å². The molecule has 1 fully saturated rings. The summed E-state index contributed by atoms with van der Waals surface area (Å²) in [6, 6.07) is 0. The van der Waals surface area contributed by atoms with Crippen molar-refractivity contribution in [1.82, 2.24) is 0 Å². The van der Waals surface area contributed by atoms with E-state index in [0.29, 0.717) is 18.6 Å². The first-order valence-electron chi connectivity index (χ1n) is 4.98. The Balaban J connectivity index is 3.07. The summed E-state index contributed by atoms with van der Waals surface area (Å²) in [5.41, 5.74) is 4.88. The van der Waals surface area contributed by atoms with E-state index in [4.69, 9.17) is 5.73 Å². The first kappa shape index (κ1) is 12.1. The number of hydrogen-bond donors (Lipinski definition) is 1. The minimum Gasteiger partial charge on any atom is -0.394 e. The molecule has 0 bridgehead atoms. The molecule has 0 saturated heterocycles. The molecule has 0 radical (unpaired) electrons. The van der Waals surface area contributed by atoms with Crippen molar-refractivity contribution in [2.75, 3.05) is 7.05 Å². The Kier molecular flexibility index (Phi) is 3.77. The number of allylic oxidation sites excluding steroid dienone is 2. The molecule has 86 valence electrons.